The molecule has 0 unspecified atom stereocenters. The first-order valence-corrected chi connectivity index (χ1v) is 7.45. The van der Waals surface area contributed by atoms with E-state index in [4.69, 9.17) is 9.84 Å². The van der Waals surface area contributed by atoms with Crippen LogP contribution in [0.5, 0.6) is 11.5 Å². The molecule has 0 aliphatic rings. The summed E-state index contributed by atoms with van der Waals surface area (Å²) >= 11 is 0.669. The van der Waals surface area contributed by atoms with Gasteiger partial charge in [0.25, 0.3) is 0 Å². The van der Waals surface area contributed by atoms with Crippen molar-refractivity contribution in [3.05, 3.63) is 35.9 Å². The molecule has 0 aliphatic heterocycles. The summed E-state index contributed by atoms with van der Waals surface area (Å²) in [5, 5.41) is 17.2. The Morgan fingerprint density at radius 2 is 1.95 bits per heavy atom. The third-order valence-corrected chi connectivity index (χ3v) is 3.09. The topological polar surface area (TPSA) is 83.8 Å². The Morgan fingerprint density at radius 1 is 1.40 bits per heavy atom. The van der Waals surface area contributed by atoms with Gasteiger partial charge in [0, 0.05) is 5.57 Å². The quantitative estimate of drug-likeness (QED) is 0.760. The Labute approximate surface area is 132 Å². The molecule has 2 radical (unpaired) electrons. The van der Waals surface area contributed by atoms with Crippen LogP contribution >= 0.6 is 0 Å². The fraction of sp³-hybridized carbons (Fsp3) is 0.286. The molecule has 0 saturated carbocycles. The minimum atomic E-state index is -0.935. The van der Waals surface area contributed by atoms with E-state index in [2.05, 4.69) is 6.58 Å². The van der Waals surface area contributed by atoms with Gasteiger partial charge in [-0.25, -0.2) is 4.79 Å². The third kappa shape index (κ3) is 7.89. The first kappa shape index (κ1) is 18.6. The van der Waals surface area contributed by atoms with E-state index in [-0.39, 0.29) is 11.3 Å². The number of rotatable bonds is 5. The Morgan fingerprint density at radius 3 is 2.35 bits per heavy atom. The van der Waals surface area contributed by atoms with Crippen LogP contribution in [0.25, 0.3) is 0 Å². The van der Waals surface area contributed by atoms with Crippen LogP contribution in [-0.2, 0) is 16.0 Å². The van der Waals surface area contributed by atoms with Gasteiger partial charge in [-0.2, -0.15) is 0 Å². The van der Waals surface area contributed by atoms with Gasteiger partial charge in [0.15, 0.2) is 0 Å². The molecule has 0 atom stereocenters. The molecule has 0 fully saturated rings. The van der Waals surface area contributed by atoms with Crippen LogP contribution in [0.15, 0.2) is 30.4 Å². The Kier molecular flexibility index (Phi) is 8.79. The summed E-state index contributed by atoms with van der Waals surface area (Å²) in [5.74, 6) is -0.342. The van der Waals surface area contributed by atoms with Crippen molar-refractivity contribution in [3.8, 4) is 11.5 Å². The van der Waals surface area contributed by atoms with Crippen molar-refractivity contribution in [3.63, 3.8) is 0 Å². The number of carboxylic acids is 1. The predicted octanol–water partition coefficient (Wildman–Crippen LogP) is 1.68. The number of ether oxygens (including phenoxy) is 1. The molecule has 0 bridgehead atoms. The average Bonchev–Trinajstić information content (AvgIpc) is 2.38. The molecule has 0 spiro atoms. The second-order valence-corrected chi connectivity index (χ2v) is 5.90. The van der Waals surface area contributed by atoms with Crippen LogP contribution in [0, 0.1) is 0 Å². The van der Waals surface area contributed by atoms with Crippen molar-refractivity contribution in [1.29, 1.82) is 0 Å². The fourth-order valence-electron chi connectivity index (χ4n) is 1.15. The molecule has 0 aliphatic carbocycles. The molecular weight excluding hydrogens is 363 g/mol. The monoisotopic (exact) mass is 380 g/mol. The molecule has 0 amide bonds. The van der Waals surface area contributed by atoms with E-state index >= 15 is 0 Å². The van der Waals surface area contributed by atoms with Crippen LogP contribution in [-0.4, -0.2) is 51.2 Å². The van der Waals surface area contributed by atoms with Crippen molar-refractivity contribution in [1.82, 2.24) is 0 Å². The summed E-state index contributed by atoms with van der Waals surface area (Å²) in [6.45, 7) is 4.60. The van der Waals surface area contributed by atoms with E-state index in [0.29, 0.717) is 40.1 Å². The van der Waals surface area contributed by atoms with Crippen molar-refractivity contribution < 1.29 is 24.5 Å². The zero-order chi connectivity index (χ0) is 15.7. The summed E-state index contributed by atoms with van der Waals surface area (Å²) in [7, 11) is 1.51. The van der Waals surface area contributed by atoms with E-state index in [0.717, 1.165) is 12.0 Å². The van der Waals surface area contributed by atoms with Gasteiger partial charge in [0.2, 0.25) is 0 Å². The fourth-order valence-corrected chi connectivity index (χ4v) is 1.56. The number of aromatic hydroxyl groups is 1. The maximum absolute atomic E-state index is 10.8. The van der Waals surface area contributed by atoms with Gasteiger partial charge in [-0.1, -0.05) is 6.58 Å². The third-order valence-electron chi connectivity index (χ3n) is 2.27. The molecule has 0 heterocycles. The van der Waals surface area contributed by atoms with Gasteiger partial charge >= 0.3 is 104 Å². The van der Waals surface area contributed by atoms with Gasteiger partial charge in [-0.05, 0) is 6.92 Å². The minimum absolute atomic E-state index is 0.132. The number of methoxy groups -OCH3 is 1. The molecule has 1 rings (SSSR count). The molecular formula is C14H17InO5. The van der Waals surface area contributed by atoms with E-state index in [1.54, 1.807) is 18.2 Å². The molecule has 20 heavy (non-hydrogen) atoms. The van der Waals surface area contributed by atoms with Gasteiger partial charge in [0.1, 0.15) is 0 Å². The Bertz CT molecular complexity index is 484. The number of benzene rings is 1. The number of aliphatic carboxylic acids is 1. The Balaban J connectivity index is 0.000000511. The second kappa shape index (κ2) is 9.47. The number of carbonyl (C=O) groups excluding carboxylic acids is 1. The first-order chi connectivity index (χ1) is 9.27. The van der Waals surface area contributed by atoms with Crippen LogP contribution < -0.4 is 4.74 Å². The van der Waals surface area contributed by atoms with Crippen LogP contribution in [0.2, 0.25) is 0 Å². The SMILES string of the molecule is C=C(C)C(=O)O.COc1cc(CC[C](=O)[In])ccc1O. The van der Waals surface area contributed by atoms with Crippen molar-refractivity contribution >= 4 is 33.9 Å². The van der Waals surface area contributed by atoms with E-state index in [1.807, 2.05) is 0 Å². The molecule has 0 aromatic heterocycles. The molecule has 6 heteroatoms. The van der Waals surface area contributed by atoms with Crippen LogP contribution in [0.3, 0.4) is 0 Å². The van der Waals surface area contributed by atoms with Gasteiger partial charge in [0.05, 0.1) is 0 Å². The van der Waals surface area contributed by atoms with E-state index < -0.39 is 5.97 Å². The molecule has 1 aromatic rings. The van der Waals surface area contributed by atoms with Crippen LogP contribution in [0.1, 0.15) is 18.9 Å². The summed E-state index contributed by atoms with van der Waals surface area (Å²) in [5.41, 5.74) is 1.19. The second-order valence-electron chi connectivity index (χ2n) is 4.06. The molecule has 2 N–H and O–H groups in total. The predicted molar refractivity (Wildman–Crippen MR) is 76.2 cm³/mol. The molecule has 5 nitrogen and oxygen atoms in total. The van der Waals surface area contributed by atoms with Gasteiger partial charge < -0.3 is 5.11 Å². The molecule has 0 saturated heterocycles. The average molecular weight is 380 g/mol. The number of phenols is 1. The first-order valence-electron chi connectivity index (χ1n) is 5.81. The van der Waals surface area contributed by atoms with Crippen molar-refractivity contribution in [2.45, 2.75) is 19.8 Å². The van der Waals surface area contributed by atoms with Gasteiger partial charge in [-0.15, -0.1) is 0 Å². The maximum atomic E-state index is 10.8. The van der Waals surface area contributed by atoms with E-state index in [9.17, 15) is 14.7 Å². The number of carbonyl (C=O) groups is 2. The van der Waals surface area contributed by atoms with Crippen LogP contribution in [0.4, 0.5) is 0 Å². The summed E-state index contributed by atoms with van der Waals surface area (Å²) in [6.07, 6.45) is 1.30. The van der Waals surface area contributed by atoms with Gasteiger partial charge in [-0.3, -0.25) is 0 Å². The van der Waals surface area contributed by atoms with Crippen molar-refractivity contribution in [2.75, 3.05) is 7.11 Å². The Hall–Kier alpha value is -1.43. The summed E-state index contributed by atoms with van der Waals surface area (Å²) < 4.78 is 5.26. The standard InChI is InChI=1S/C10H11O3.C4H6O2.In/c1-13-10-7-8(3-2-6-11)4-5-9(10)12;1-3(2)4(5)6;/h4-5,7,12H,2-3H2,1H3;1H2,2H3,(H,5,6);. The number of hydrogen-bond acceptors (Lipinski definition) is 4. The number of carboxylic acid groups (broad SMARTS) is 1. The number of phenolic OH excluding ortho intramolecular Hbond substituents is 1. The molecule has 106 valence electrons. The number of hydrogen-bond donors (Lipinski definition) is 2. The zero-order valence-corrected chi connectivity index (χ0v) is 14.8. The summed E-state index contributed by atoms with van der Waals surface area (Å²) in [4.78, 5) is 20.4. The number of aryl methyl sites for hydroxylation is 1. The normalized spacial score (nSPS) is 9.10. The summed E-state index contributed by atoms with van der Waals surface area (Å²) in [6, 6.07) is 5.16. The van der Waals surface area contributed by atoms with Crippen molar-refractivity contribution in [2.24, 2.45) is 0 Å². The molecule has 1 aromatic carbocycles. The zero-order valence-electron chi connectivity index (χ0n) is 11.5. The van der Waals surface area contributed by atoms with E-state index in [1.165, 1.54) is 14.0 Å².